The third-order valence-electron chi connectivity index (χ3n) is 0.753. The average molecular weight is 181 g/mol. The van der Waals surface area contributed by atoms with Crippen molar-refractivity contribution in [3.63, 3.8) is 0 Å². The van der Waals surface area contributed by atoms with Gasteiger partial charge in [0.15, 0.2) is 0 Å². The van der Waals surface area contributed by atoms with E-state index in [0.717, 1.165) is 11.0 Å². The van der Waals surface area contributed by atoms with Gasteiger partial charge in [-0.2, -0.15) is 0 Å². The number of carbonyl (C=O) groups is 1. The van der Waals surface area contributed by atoms with Gasteiger partial charge in [-0.05, 0) is 13.8 Å². The van der Waals surface area contributed by atoms with E-state index in [4.69, 9.17) is 5.11 Å². The number of hydrogen-bond donors (Lipinski definition) is 3. The number of rotatable bonds is 3. The van der Waals surface area contributed by atoms with Crippen molar-refractivity contribution in [2.75, 3.05) is 0 Å². The van der Waals surface area contributed by atoms with Gasteiger partial charge in [-0.1, -0.05) is 11.7 Å². The summed E-state index contributed by atoms with van der Waals surface area (Å²) in [6.45, 7) is 3.16. The molecule has 0 aliphatic rings. The topological polar surface area (TPSA) is 49.3 Å². The zero-order chi connectivity index (χ0) is 8.20. The molecule has 60 valence electrons. The van der Waals surface area contributed by atoms with E-state index in [1.165, 1.54) is 0 Å². The lowest BCUT2D eigenvalue weighted by atomic mass is 10.1. The summed E-state index contributed by atoms with van der Waals surface area (Å²) < 4.78 is 2.38. The van der Waals surface area contributed by atoms with Crippen LogP contribution in [-0.2, 0) is 4.79 Å². The van der Waals surface area contributed by atoms with Crippen LogP contribution in [0.25, 0.3) is 0 Å². The summed E-state index contributed by atoms with van der Waals surface area (Å²) >= 11 is 3.71. The monoisotopic (exact) mass is 181 g/mol. The van der Waals surface area contributed by atoms with E-state index < -0.39 is 5.60 Å². The molecule has 5 heteroatoms. The molecule has 0 unspecified atom stereocenters. The van der Waals surface area contributed by atoms with Gasteiger partial charge in [0, 0.05) is 11.0 Å². The van der Waals surface area contributed by atoms with E-state index in [1.54, 1.807) is 13.8 Å². The number of aliphatic hydroxyl groups is 1. The zero-order valence-electron chi connectivity index (χ0n) is 5.92. The van der Waals surface area contributed by atoms with Crippen molar-refractivity contribution in [1.29, 1.82) is 0 Å². The lowest BCUT2D eigenvalue weighted by Gasteiger charge is -2.14. The Kier molecular flexibility index (Phi) is 4.15. The Morgan fingerprint density at radius 1 is 1.80 bits per heavy atom. The predicted octanol–water partition coefficient (Wildman–Crippen LogP) is 0.757. The molecule has 0 aromatic heterocycles. The number of carbonyl (C=O) groups excluding carboxylic acids is 1. The molecule has 3 nitrogen and oxygen atoms in total. The van der Waals surface area contributed by atoms with Crippen LogP contribution in [0.5, 0.6) is 0 Å². The maximum absolute atomic E-state index is 10.7. The molecule has 0 fully saturated rings. The summed E-state index contributed by atoms with van der Waals surface area (Å²) in [7, 11) is 0.934. The highest BCUT2D eigenvalue weighted by atomic mass is 33.1. The van der Waals surface area contributed by atoms with Crippen LogP contribution in [0.4, 0.5) is 0 Å². The van der Waals surface area contributed by atoms with Crippen LogP contribution in [0.1, 0.15) is 20.3 Å². The van der Waals surface area contributed by atoms with Crippen LogP contribution in [0, 0.1) is 0 Å². The third kappa shape index (κ3) is 6.25. The van der Waals surface area contributed by atoms with E-state index in [2.05, 4.69) is 16.4 Å². The minimum absolute atomic E-state index is 0.0978. The van der Waals surface area contributed by atoms with Gasteiger partial charge in [0.1, 0.15) is 0 Å². The molecule has 0 bridgehead atoms. The highest BCUT2D eigenvalue weighted by Gasteiger charge is 2.17. The Bertz CT molecular complexity index is 121. The van der Waals surface area contributed by atoms with Crippen LogP contribution in [-0.4, -0.2) is 16.6 Å². The first-order valence-corrected chi connectivity index (χ1v) is 4.64. The highest BCUT2D eigenvalue weighted by molar-refractivity contribution is 8.68. The van der Waals surface area contributed by atoms with Gasteiger partial charge in [0.25, 0.3) is 0 Å². The van der Waals surface area contributed by atoms with E-state index in [0.29, 0.717) is 0 Å². The van der Waals surface area contributed by atoms with Gasteiger partial charge < -0.3 is 5.11 Å². The Balaban J connectivity index is 3.58. The third-order valence-corrected chi connectivity index (χ3v) is 1.35. The molecule has 2 N–H and O–H groups in total. The van der Waals surface area contributed by atoms with Gasteiger partial charge in [-0.3, -0.25) is 9.52 Å². The van der Waals surface area contributed by atoms with Crippen molar-refractivity contribution in [3.8, 4) is 0 Å². The first-order valence-electron chi connectivity index (χ1n) is 2.77. The summed E-state index contributed by atoms with van der Waals surface area (Å²) in [5.41, 5.74) is -0.937. The summed E-state index contributed by atoms with van der Waals surface area (Å²) in [4.78, 5) is 10.7. The fourth-order valence-electron chi connectivity index (χ4n) is 0.480. The highest BCUT2D eigenvalue weighted by Crippen LogP contribution is 2.08. The van der Waals surface area contributed by atoms with Gasteiger partial charge in [-0.25, -0.2) is 0 Å². The molecule has 0 spiro atoms. The largest absolute Gasteiger partial charge is 0.390 e. The summed E-state index contributed by atoms with van der Waals surface area (Å²) in [6, 6.07) is 0. The van der Waals surface area contributed by atoms with Crippen molar-refractivity contribution < 1.29 is 9.90 Å². The predicted molar refractivity (Wildman–Crippen MR) is 45.6 cm³/mol. The molecule has 0 aromatic carbocycles. The maximum atomic E-state index is 10.7. The summed E-state index contributed by atoms with van der Waals surface area (Å²) in [5, 5.41) is 9.12. The molecule has 0 saturated carbocycles. The lowest BCUT2D eigenvalue weighted by Crippen LogP contribution is -2.28. The van der Waals surface area contributed by atoms with Crippen LogP contribution in [0.2, 0.25) is 0 Å². The molecule has 0 radical (unpaired) electrons. The average Bonchev–Trinajstić information content (AvgIpc) is 1.59. The van der Waals surface area contributed by atoms with Gasteiger partial charge in [-0.15, -0.1) is 0 Å². The number of nitrogens with one attached hydrogen (secondary N) is 1. The number of amides is 1. The van der Waals surface area contributed by atoms with Crippen molar-refractivity contribution in [3.05, 3.63) is 0 Å². The standard InChI is InChI=1S/C5H11NO2S2/c1-5(2,8)3-4(7)6-10-9/h8-9H,3H2,1-2H3,(H,6,7). The molecule has 10 heavy (non-hydrogen) atoms. The minimum Gasteiger partial charge on any atom is -0.390 e. The molecule has 1 amide bonds. The Hall–Kier alpha value is 0.130. The van der Waals surface area contributed by atoms with Crippen LogP contribution in [0.3, 0.4) is 0 Å². The van der Waals surface area contributed by atoms with Crippen molar-refractivity contribution in [2.24, 2.45) is 0 Å². The molecule has 0 rings (SSSR count). The quantitative estimate of drug-likeness (QED) is 0.342. The smallest absolute Gasteiger partial charge is 0.233 e. The second kappa shape index (κ2) is 4.10. The Morgan fingerprint density at radius 2 is 2.30 bits per heavy atom. The van der Waals surface area contributed by atoms with Crippen molar-refractivity contribution in [1.82, 2.24) is 4.72 Å². The number of thiol groups is 1. The molecule has 0 aliphatic heterocycles. The summed E-state index contributed by atoms with van der Waals surface area (Å²) in [6.07, 6.45) is 0.0978. The van der Waals surface area contributed by atoms with E-state index in [-0.39, 0.29) is 12.3 Å². The number of hydrogen-bond acceptors (Lipinski definition) is 4. The van der Waals surface area contributed by atoms with Gasteiger partial charge >= 0.3 is 0 Å². The van der Waals surface area contributed by atoms with Crippen molar-refractivity contribution in [2.45, 2.75) is 25.9 Å². The van der Waals surface area contributed by atoms with E-state index in [9.17, 15) is 4.79 Å². The molecule has 0 atom stereocenters. The van der Waals surface area contributed by atoms with Crippen LogP contribution < -0.4 is 4.72 Å². The molecule has 0 saturated heterocycles. The SMILES string of the molecule is CC(C)(O)CC(=O)NSS. The van der Waals surface area contributed by atoms with E-state index >= 15 is 0 Å². The Labute approximate surface area is 69.5 Å². The maximum Gasteiger partial charge on any atom is 0.233 e. The zero-order valence-corrected chi connectivity index (χ0v) is 7.63. The second-order valence-electron chi connectivity index (χ2n) is 2.61. The first kappa shape index (κ1) is 10.1. The van der Waals surface area contributed by atoms with Crippen LogP contribution >= 0.6 is 22.6 Å². The molecular weight excluding hydrogens is 170 g/mol. The van der Waals surface area contributed by atoms with Gasteiger partial charge in [0.05, 0.1) is 12.0 Å². The lowest BCUT2D eigenvalue weighted by molar-refractivity contribution is -0.122. The molecule has 0 heterocycles. The second-order valence-corrected chi connectivity index (χ2v) is 3.54. The van der Waals surface area contributed by atoms with E-state index in [1.807, 2.05) is 0 Å². The normalized spacial score (nSPS) is 11.2. The minimum atomic E-state index is -0.937. The first-order chi connectivity index (χ1) is 4.45. The van der Waals surface area contributed by atoms with Crippen molar-refractivity contribution >= 4 is 28.5 Å². The molecule has 0 aliphatic carbocycles. The van der Waals surface area contributed by atoms with Gasteiger partial charge in [0.2, 0.25) is 5.91 Å². The molecule has 0 aromatic rings. The Morgan fingerprint density at radius 3 is 2.60 bits per heavy atom. The fourth-order valence-corrected chi connectivity index (χ4v) is 0.959. The summed E-state index contributed by atoms with van der Waals surface area (Å²) in [5.74, 6) is -0.215. The van der Waals surface area contributed by atoms with Crippen LogP contribution in [0.15, 0.2) is 0 Å². The fraction of sp³-hybridized carbons (Fsp3) is 0.800. The molecular formula is C5H11NO2S2.